The number of piperazine rings is 1. The van der Waals surface area contributed by atoms with Crippen molar-refractivity contribution < 1.29 is 14.6 Å². The zero-order valence-electron chi connectivity index (χ0n) is 15.6. The lowest BCUT2D eigenvalue weighted by molar-refractivity contribution is -0.377. The Morgan fingerprint density at radius 2 is 1.63 bits per heavy atom. The Balaban J connectivity index is 1.36. The second kappa shape index (κ2) is 7.39. The quantitative estimate of drug-likeness (QED) is 0.829. The lowest BCUT2D eigenvalue weighted by Crippen LogP contribution is -2.50. The zero-order chi connectivity index (χ0) is 18.8. The molecule has 2 saturated heterocycles. The van der Waals surface area contributed by atoms with Gasteiger partial charge in [-0.1, -0.05) is 17.7 Å². The number of hydrogen-bond donors (Lipinski definition) is 0. The number of rotatable bonds is 3. The molecule has 0 saturated carbocycles. The molecule has 2 fully saturated rings. The van der Waals surface area contributed by atoms with Gasteiger partial charge in [0.25, 0.3) is 0 Å². The van der Waals surface area contributed by atoms with Crippen LogP contribution in [0.4, 0.5) is 11.4 Å². The molecule has 2 aliphatic heterocycles. The number of amides is 2. The van der Waals surface area contributed by atoms with E-state index in [0.29, 0.717) is 26.1 Å². The first-order valence-electron chi connectivity index (χ1n) is 9.49. The van der Waals surface area contributed by atoms with Crippen LogP contribution >= 0.6 is 0 Å². The number of carbonyl (C=O) groups is 2. The molecule has 1 aromatic carbocycles. The number of anilines is 2. The second-order valence-corrected chi connectivity index (χ2v) is 7.31. The average molecular weight is 365 g/mol. The maximum absolute atomic E-state index is 12.9. The summed E-state index contributed by atoms with van der Waals surface area (Å²) in [7, 11) is 0. The van der Waals surface area contributed by atoms with Crippen molar-refractivity contribution in [1.82, 2.24) is 4.90 Å². The van der Waals surface area contributed by atoms with E-state index in [1.54, 1.807) is 4.90 Å². The highest BCUT2D eigenvalue weighted by Crippen LogP contribution is 2.27. The van der Waals surface area contributed by atoms with Crippen LogP contribution in [0.25, 0.3) is 0 Å². The molecule has 27 heavy (non-hydrogen) atoms. The number of hydrogen-bond acceptors (Lipinski definition) is 3. The molecule has 0 aliphatic carbocycles. The predicted molar refractivity (Wildman–Crippen MR) is 103 cm³/mol. The maximum atomic E-state index is 12.9. The molecule has 1 N–H and O–H groups in total. The number of pyridine rings is 1. The van der Waals surface area contributed by atoms with E-state index in [9.17, 15) is 9.59 Å². The number of carbonyl (C=O) groups excluding carboxylic acids is 2. The van der Waals surface area contributed by atoms with Crippen molar-refractivity contribution in [3.05, 3.63) is 54.4 Å². The van der Waals surface area contributed by atoms with Gasteiger partial charge in [-0.05, 0) is 19.1 Å². The highest BCUT2D eigenvalue weighted by molar-refractivity contribution is 6.00. The molecule has 0 radical (unpaired) electrons. The van der Waals surface area contributed by atoms with E-state index in [1.807, 2.05) is 60.6 Å². The Morgan fingerprint density at radius 1 is 0.963 bits per heavy atom. The minimum absolute atomic E-state index is 0.0383. The van der Waals surface area contributed by atoms with Gasteiger partial charge in [0.1, 0.15) is 0 Å². The molecule has 1 atom stereocenters. The van der Waals surface area contributed by atoms with Crippen molar-refractivity contribution >= 4 is 23.2 Å². The summed E-state index contributed by atoms with van der Waals surface area (Å²) in [4.78, 5) is 34.4. The molecule has 3 heterocycles. The first-order chi connectivity index (χ1) is 13.1. The highest BCUT2D eigenvalue weighted by Gasteiger charge is 2.37. The first-order valence-corrected chi connectivity index (χ1v) is 9.49. The van der Waals surface area contributed by atoms with Gasteiger partial charge in [0.05, 0.1) is 5.92 Å². The Bertz CT molecular complexity index is 814. The average Bonchev–Trinajstić information content (AvgIpc) is 3.10. The third kappa shape index (κ3) is 3.65. The fraction of sp³-hybridized carbons (Fsp3) is 0.381. The SMILES string of the molecule is Cc1ccc(N2C[C@H](C(=O)N3CCN(c4cc[nH+]cc4)CC3)CC2=O)cc1. The van der Waals surface area contributed by atoms with E-state index in [2.05, 4.69) is 9.88 Å². The first kappa shape index (κ1) is 17.5. The molecular formula is C21H25N4O2+. The lowest BCUT2D eigenvalue weighted by Gasteiger charge is -2.36. The van der Waals surface area contributed by atoms with E-state index >= 15 is 0 Å². The fourth-order valence-corrected chi connectivity index (χ4v) is 3.88. The number of benzene rings is 1. The molecule has 0 bridgehead atoms. The lowest BCUT2D eigenvalue weighted by atomic mass is 10.1. The number of aryl methyl sites for hydroxylation is 1. The van der Waals surface area contributed by atoms with Gasteiger partial charge in [0.2, 0.25) is 11.8 Å². The minimum atomic E-state index is -0.239. The third-order valence-electron chi connectivity index (χ3n) is 5.48. The van der Waals surface area contributed by atoms with Crippen LogP contribution < -0.4 is 14.8 Å². The summed E-state index contributed by atoms with van der Waals surface area (Å²) in [5.74, 6) is -0.0907. The topological polar surface area (TPSA) is 58.0 Å². The summed E-state index contributed by atoms with van der Waals surface area (Å²) in [5, 5.41) is 0. The summed E-state index contributed by atoms with van der Waals surface area (Å²) in [6, 6.07) is 12.0. The molecule has 140 valence electrons. The third-order valence-corrected chi connectivity index (χ3v) is 5.48. The Kier molecular flexibility index (Phi) is 4.79. The molecule has 2 amide bonds. The largest absolute Gasteiger partial charge is 0.368 e. The second-order valence-electron chi connectivity index (χ2n) is 7.31. The summed E-state index contributed by atoms with van der Waals surface area (Å²) in [6.07, 6.45) is 4.13. The van der Waals surface area contributed by atoms with Crippen LogP contribution in [0.5, 0.6) is 0 Å². The highest BCUT2D eigenvalue weighted by atomic mass is 16.2. The van der Waals surface area contributed by atoms with Gasteiger partial charge in [-0.3, -0.25) is 9.59 Å². The molecule has 1 aromatic heterocycles. The number of nitrogens with zero attached hydrogens (tertiary/aromatic N) is 3. The van der Waals surface area contributed by atoms with Crippen LogP contribution in [-0.2, 0) is 9.59 Å². The molecule has 2 aliphatic rings. The molecule has 0 unspecified atom stereocenters. The van der Waals surface area contributed by atoms with Crippen molar-refractivity contribution in [1.29, 1.82) is 0 Å². The van der Waals surface area contributed by atoms with E-state index < -0.39 is 0 Å². The van der Waals surface area contributed by atoms with Crippen molar-refractivity contribution in [3.63, 3.8) is 0 Å². The standard InChI is InChI=1S/C21H24N4O2/c1-16-2-4-19(5-3-16)25-15-17(14-20(25)26)21(27)24-12-10-23(11-13-24)18-6-8-22-9-7-18/h2-9,17H,10-15H2,1H3/p+1/t17-/m1/s1. The van der Waals surface area contributed by atoms with Crippen LogP contribution in [0.2, 0.25) is 0 Å². The summed E-state index contributed by atoms with van der Waals surface area (Å²) in [5.41, 5.74) is 3.21. The summed E-state index contributed by atoms with van der Waals surface area (Å²) >= 11 is 0. The van der Waals surface area contributed by atoms with Crippen molar-refractivity contribution in [3.8, 4) is 0 Å². The van der Waals surface area contributed by atoms with Gasteiger partial charge >= 0.3 is 0 Å². The van der Waals surface area contributed by atoms with E-state index in [1.165, 1.54) is 5.69 Å². The van der Waals surface area contributed by atoms with Gasteiger partial charge in [0.15, 0.2) is 12.4 Å². The molecular weight excluding hydrogens is 340 g/mol. The molecule has 0 spiro atoms. The Morgan fingerprint density at radius 3 is 2.30 bits per heavy atom. The van der Waals surface area contributed by atoms with Gasteiger partial charge in [-0.25, -0.2) is 4.98 Å². The van der Waals surface area contributed by atoms with Crippen LogP contribution in [0.1, 0.15) is 12.0 Å². The van der Waals surface area contributed by atoms with E-state index in [0.717, 1.165) is 24.3 Å². The van der Waals surface area contributed by atoms with Gasteiger partial charge in [-0.15, -0.1) is 0 Å². The summed E-state index contributed by atoms with van der Waals surface area (Å²) < 4.78 is 0. The zero-order valence-corrected chi connectivity index (χ0v) is 15.6. The Hall–Kier alpha value is -2.89. The molecule has 6 heteroatoms. The molecule has 6 nitrogen and oxygen atoms in total. The summed E-state index contributed by atoms with van der Waals surface area (Å²) in [6.45, 7) is 5.54. The molecule has 2 aromatic rings. The predicted octanol–water partition coefficient (Wildman–Crippen LogP) is 1.51. The van der Waals surface area contributed by atoms with Crippen molar-refractivity contribution in [2.24, 2.45) is 5.92 Å². The van der Waals surface area contributed by atoms with Crippen LogP contribution in [0, 0.1) is 12.8 Å². The van der Waals surface area contributed by atoms with Crippen molar-refractivity contribution in [2.45, 2.75) is 13.3 Å². The fourth-order valence-electron chi connectivity index (χ4n) is 3.88. The van der Waals surface area contributed by atoms with Crippen LogP contribution in [0.3, 0.4) is 0 Å². The Labute approximate surface area is 159 Å². The maximum Gasteiger partial charge on any atom is 0.228 e. The van der Waals surface area contributed by atoms with E-state index in [-0.39, 0.29) is 17.7 Å². The minimum Gasteiger partial charge on any atom is -0.368 e. The number of H-pyrrole nitrogens is 1. The monoisotopic (exact) mass is 365 g/mol. The van der Waals surface area contributed by atoms with Crippen LogP contribution in [-0.4, -0.2) is 49.4 Å². The van der Waals surface area contributed by atoms with Crippen molar-refractivity contribution in [2.75, 3.05) is 42.5 Å². The van der Waals surface area contributed by atoms with Gasteiger partial charge in [0, 0.05) is 62.7 Å². The number of nitrogens with one attached hydrogen (secondary N) is 1. The van der Waals surface area contributed by atoms with Crippen LogP contribution in [0.15, 0.2) is 48.8 Å². The van der Waals surface area contributed by atoms with Gasteiger partial charge < -0.3 is 14.7 Å². The number of aromatic amines is 1. The van der Waals surface area contributed by atoms with Gasteiger partial charge in [-0.2, -0.15) is 0 Å². The van der Waals surface area contributed by atoms with E-state index in [4.69, 9.17) is 0 Å². The number of aromatic nitrogens is 1. The molecule has 4 rings (SSSR count). The smallest absolute Gasteiger partial charge is 0.228 e. The normalized spacial score (nSPS) is 20.3.